The highest BCUT2D eigenvalue weighted by Gasteiger charge is 2.31. The first kappa shape index (κ1) is 23.2. The predicted molar refractivity (Wildman–Crippen MR) is 127 cm³/mol. The van der Waals surface area contributed by atoms with Gasteiger partial charge in [0.2, 0.25) is 5.91 Å². The van der Waals surface area contributed by atoms with E-state index < -0.39 is 18.4 Å². The molecule has 1 atom stereocenters. The summed E-state index contributed by atoms with van der Waals surface area (Å²) in [6, 6.07) is 11.8. The molecule has 0 spiro atoms. The first-order valence-corrected chi connectivity index (χ1v) is 12.2. The highest BCUT2D eigenvalue weighted by Crippen LogP contribution is 2.32. The fourth-order valence-corrected chi connectivity index (χ4v) is 5.13. The van der Waals surface area contributed by atoms with Crippen LogP contribution in [-0.2, 0) is 11.2 Å². The van der Waals surface area contributed by atoms with E-state index >= 15 is 0 Å². The lowest BCUT2D eigenvalue weighted by molar-refractivity contribution is -0.121. The Balaban J connectivity index is 1.24. The van der Waals surface area contributed by atoms with Crippen molar-refractivity contribution in [3.8, 4) is 22.8 Å². The molecule has 35 heavy (non-hydrogen) atoms. The van der Waals surface area contributed by atoms with E-state index in [2.05, 4.69) is 21.1 Å². The quantitative estimate of drug-likeness (QED) is 0.525. The number of anilines is 1. The lowest BCUT2D eigenvalue weighted by Gasteiger charge is -2.32. The van der Waals surface area contributed by atoms with Crippen molar-refractivity contribution < 1.29 is 27.8 Å². The highest BCUT2D eigenvalue weighted by atomic mass is 32.1. The Kier molecular flexibility index (Phi) is 6.63. The van der Waals surface area contributed by atoms with E-state index in [0.717, 1.165) is 29.0 Å². The van der Waals surface area contributed by atoms with Crippen molar-refractivity contribution in [3.63, 3.8) is 0 Å². The number of hydrogen-bond donors (Lipinski definition) is 1. The molecule has 0 aliphatic carbocycles. The number of para-hydroxylation sites is 1. The van der Waals surface area contributed by atoms with Gasteiger partial charge in [0.05, 0.1) is 23.8 Å². The van der Waals surface area contributed by atoms with Gasteiger partial charge < -0.3 is 19.7 Å². The fraction of sp³-hybridized carbons (Fsp3) is 0.320. The van der Waals surface area contributed by atoms with Crippen molar-refractivity contribution in [3.05, 3.63) is 59.0 Å². The summed E-state index contributed by atoms with van der Waals surface area (Å²) in [4.78, 5) is 32.1. The number of aromatic nitrogens is 1. The SMILES string of the molecule is O=C(Nc1nc(-c2ccc3c(c2)CCO3)cs1)C1CCCN(C(=O)c2ccccc2OC(F)F)C1. The molecule has 0 bridgehead atoms. The Labute approximate surface area is 204 Å². The number of thiazole rings is 1. The van der Waals surface area contributed by atoms with Gasteiger partial charge in [0.25, 0.3) is 5.91 Å². The Bertz CT molecular complexity index is 1250. The molecule has 3 aromatic rings. The van der Waals surface area contributed by atoms with Crippen LogP contribution in [0.25, 0.3) is 11.3 Å². The van der Waals surface area contributed by atoms with Gasteiger partial charge in [0.1, 0.15) is 11.5 Å². The molecule has 7 nitrogen and oxygen atoms in total. The molecule has 182 valence electrons. The monoisotopic (exact) mass is 499 g/mol. The molecule has 2 aliphatic heterocycles. The summed E-state index contributed by atoms with van der Waals surface area (Å²) in [6.45, 7) is -1.72. The van der Waals surface area contributed by atoms with E-state index in [0.29, 0.717) is 31.1 Å². The summed E-state index contributed by atoms with van der Waals surface area (Å²) in [7, 11) is 0. The van der Waals surface area contributed by atoms with Crippen LogP contribution in [0.3, 0.4) is 0 Å². The summed E-state index contributed by atoms with van der Waals surface area (Å²) in [5.41, 5.74) is 2.94. The van der Waals surface area contributed by atoms with Crippen LogP contribution in [0.15, 0.2) is 47.8 Å². The van der Waals surface area contributed by atoms with Crippen molar-refractivity contribution >= 4 is 28.3 Å². The highest BCUT2D eigenvalue weighted by molar-refractivity contribution is 7.14. The Hall–Kier alpha value is -3.53. The largest absolute Gasteiger partial charge is 0.493 e. The molecule has 0 radical (unpaired) electrons. The average molecular weight is 500 g/mol. The van der Waals surface area contributed by atoms with Crippen molar-refractivity contribution in [2.24, 2.45) is 5.92 Å². The number of amides is 2. The predicted octanol–water partition coefficient (Wildman–Crippen LogP) is 4.84. The molecule has 0 saturated carbocycles. The normalized spacial score (nSPS) is 17.1. The van der Waals surface area contributed by atoms with E-state index in [1.54, 1.807) is 6.07 Å². The van der Waals surface area contributed by atoms with E-state index in [4.69, 9.17) is 4.74 Å². The summed E-state index contributed by atoms with van der Waals surface area (Å²) < 4.78 is 35.5. The van der Waals surface area contributed by atoms with Crippen LogP contribution in [0.1, 0.15) is 28.8 Å². The standard InChI is InChI=1S/C25H23F2N3O4S/c26-24(27)34-21-6-2-1-5-18(21)23(32)30-10-3-4-17(13-30)22(31)29-25-28-19(14-35-25)15-7-8-20-16(12-15)9-11-33-20/h1-2,5-8,12,14,17,24H,3-4,9-11,13H2,(H,28,29,31). The van der Waals surface area contributed by atoms with Crippen LogP contribution < -0.4 is 14.8 Å². The minimum absolute atomic E-state index is 0.0539. The van der Waals surface area contributed by atoms with Gasteiger partial charge in [-0.3, -0.25) is 9.59 Å². The maximum Gasteiger partial charge on any atom is 0.387 e. The molecule has 5 rings (SSSR count). The molecule has 3 heterocycles. The number of carbonyl (C=O) groups excluding carboxylic acids is 2. The molecule has 2 amide bonds. The number of nitrogens with one attached hydrogen (secondary N) is 1. The first-order chi connectivity index (χ1) is 17.0. The number of fused-ring (bicyclic) bond motifs is 1. The number of halogens is 2. The molecule has 1 N–H and O–H groups in total. The van der Waals surface area contributed by atoms with Crippen LogP contribution in [-0.4, -0.2) is 48.0 Å². The lowest BCUT2D eigenvalue weighted by Crippen LogP contribution is -2.43. The number of alkyl halides is 2. The summed E-state index contributed by atoms with van der Waals surface area (Å²) >= 11 is 1.34. The zero-order valence-electron chi connectivity index (χ0n) is 18.7. The minimum atomic E-state index is -3.03. The topological polar surface area (TPSA) is 80.8 Å². The van der Waals surface area contributed by atoms with Crippen LogP contribution in [0.2, 0.25) is 0 Å². The summed E-state index contributed by atoms with van der Waals surface area (Å²) in [6.07, 6.45) is 2.11. The van der Waals surface area contributed by atoms with Crippen LogP contribution in [0.5, 0.6) is 11.5 Å². The van der Waals surface area contributed by atoms with Gasteiger partial charge in [0, 0.05) is 30.5 Å². The Morgan fingerprint density at radius 1 is 1.23 bits per heavy atom. The zero-order chi connectivity index (χ0) is 24.4. The van der Waals surface area contributed by atoms with E-state index in [1.165, 1.54) is 34.4 Å². The average Bonchev–Trinajstić information content (AvgIpc) is 3.53. The molecular formula is C25H23F2N3O4S. The van der Waals surface area contributed by atoms with Gasteiger partial charge in [-0.05, 0) is 48.7 Å². The zero-order valence-corrected chi connectivity index (χ0v) is 19.5. The van der Waals surface area contributed by atoms with Gasteiger partial charge in [-0.25, -0.2) is 4.98 Å². The van der Waals surface area contributed by atoms with Crippen molar-refractivity contribution in [2.45, 2.75) is 25.9 Å². The molecule has 1 saturated heterocycles. The Morgan fingerprint density at radius 3 is 2.94 bits per heavy atom. The van der Waals surface area contributed by atoms with Gasteiger partial charge in [-0.1, -0.05) is 12.1 Å². The van der Waals surface area contributed by atoms with Gasteiger partial charge in [0.15, 0.2) is 5.13 Å². The molecule has 1 unspecified atom stereocenters. The first-order valence-electron chi connectivity index (χ1n) is 11.3. The third kappa shape index (κ3) is 5.12. The molecule has 1 aromatic heterocycles. The maximum atomic E-state index is 13.0. The van der Waals surface area contributed by atoms with Crippen LogP contribution >= 0.6 is 11.3 Å². The van der Waals surface area contributed by atoms with Crippen molar-refractivity contribution in [2.75, 3.05) is 25.0 Å². The smallest absolute Gasteiger partial charge is 0.387 e. The number of piperidine rings is 1. The van der Waals surface area contributed by atoms with E-state index in [-0.39, 0.29) is 23.8 Å². The number of ether oxygens (including phenoxy) is 2. The Morgan fingerprint density at radius 2 is 2.09 bits per heavy atom. The summed E-state index contributed by atoms with van der Waals surface area (Å²) in [5.74, 6) is -0.357. The van der Waals surface area contributed by atoms with E-state index in [9.17, 15) is 18.4 Å². The van der Waals surface area contributed by atoms with Gasteiger partial charge >= 0.3 is 6.61 Å². The van der Waals surface area contributed by atoms with E-state index in [1.807, 2.05) is 17.5 Å². The number of benzene rings is 2. The van der Waals surface area contributed by atoms with Crippen LogP contribution in [0.4, 0.5) is 13.9 Å². The second-order valence-corrected chi connectivity index (χ2v) is 9.27. The number of rotatable bonds is 6. The number of carbonyl (C=O) groups is 2. The van der Waals surface area contributed by atoms with Crippen molar-refractivity contribution in [1.82, 2.24) is 9.88 Å². The molecule has 2 aliphatic rings. The number of likely N-dealkylation sites (tertiary alicyclic amines) is 1. The fourth-order valence-electron chi connectivity index (χ4n) is 4.41. The molecule has 1 fully saturated rings. The van der Waals surface area contributed by atoms with Gasteiger partial charge in [-0.2, -0.15) is 8.78 Å². The van der Waals surface area contributed by atoms with Crippen LogP contribution in [0, 0.1) is 5.92 Å². The third-order valence-corrected chi connectivity index (χ3v) is 6.89. The molecule has 2 aromatic carbocycles. The van der Waals surface area contributed by atoms with Crippen molar-refractivity contribution in [1.29, 1.82) is 0 Å². The number of nitrogens with zero attached hydrogens (tertiary/aromatic N) is 2. The lowest BCUT2D eigenvalue weighted by atomic mass is 9.96. The second-order valence-electron chi connectivity index (χ2n) is 8.41. The maximum absolute atomic E-state index is 13.0. The third-order valence-electron chi connectivity index (χ3n) is 6.13. The minimum Gasteiger partial charge on any atom is -0.493 e. The van der Waals surface area contributed by atoms with Gasteiger partial charge in [-0.15, -0.1) is 11.3 Å². The molecule has 10 heteroatoms. The number of hydrogen-bond acceptors (Lipinski definition) is 6. The second kappa shape index (κ2) is 9.99. The summed E-state index contributed by atoms with van der Waals surface area (Å²) in [5, 5.41) is 5.25. The molecular weight excluding hydrogens is 476 g/mol.